The van der Waals surface area contributed by atoms with Crippen molar-refractivity contribution in [2.45, 2.75) is 13.5 Å². The highest BCUT2D eigenvalue weighted by atomic mass is 79.9. The number of carbonyl (C=O) groups excluding carboxylic acids is 2. The Hall–Kier alpha value is -4.43. The number of carbonyl (C=O) groups is 2. The van der Waals surface area contributed by atoms with E-state index >= 15 is 0 Å². The van der Waals surface area contributed by atoms with Crippen LogP contribution in [0.25, 0.3) is 0 Å². The van der Waals surface area contributed by atoms with Crippen LogP contribution < -0.4 is 19.6 Å². The number of ether oxygens (including phenoxy) is 3. The smallest absolute Gasteiger partial charge is 0.343 e. The molecule has 4 aromatic rings. The maximum Gasteiger partial charge on any atom is 0.343 e. The molecule has 0 aliphatic rings. The summed E-state index contributed by atoms with van der Waals surface area (Å²) < 4.78 is 17.4. The standard InChI is InChI=1S/C30H25BrN2O5/c1-20-6-8-21(9-7-20)19-37-26-13-11-23(12-14-26)29(34)33-32-18-22-10-15-27(28(16-22)36-2)38-30(35)24-4-3-5-25(31)17-24/h3-18H,19H2,1-2H3,(H,33,34)/b32-18-. The molecule has 1 N–H and O–H groups in total. The van der Waals surface area contributed by atoms with E-state index in [4.69, 9.17) is 14.2 Å². The second-order valence-electron chi connectivity index (χ2n) is 8.31. The van der Waals surface area contributed by atoms with Gasteiger partial charge in [0.1, 0.15) is 12.4 Å². The van der Waals surface area contributed by atoms with Crippen LogP contribution in [0.4, 0.5) is 0 Å². The van der Waals surface area contributed by atoms with Crippen LogP contribution in [0.5, 0.6) is 17.2 Å². The molecule has 4 rings (SSSR count). The molecule has 38 heavy (non-hydrogen) atoms. The van der Waals surface area contributed by atoms with Gasteiger partial charge in [-0.15, -0.1) is 0 Å². The molecule has 0 radical (unpaired) electrons. The predicted octanol–water partition coefficient (Wildman–Crippen LogP) is 6.33. The third-order valence-electron chi connectivity index (χ3n) is 5.47. The molecule has 0 saturated carbocycles. The molecule has 0 aliphatic heterocycles. The Morgan fingerprint density at radius 2 is 1.66 bits per heavy atom. The fourth-order valence-corrected chi connectivity index (χ4v) is 3.81. The monoisotopic (exact) mass is 572 g/mol. The quantitative estimate of drug-likeness (QED) is 0.110. The first-order chi connectivity index (χ1) is 18.4. The number of amides is 1. The largest absolute Gasteiger partial charge is 0.493 e. The highest BCUT2D eigenvalue weighted by Crippen LogP contribution is 2.28. The SMILES string of the molecule is COc1cc(/C=N\NC(=O)c2ccc(OCc3ccc(C)cc3)cc2)ccc1OC(=O)c1cccc(Br)c1. The Morgan fingerprint density at radius 3 is 2.37 bits per heavy atom. The zero-order valence-corrected chi connectivity index (χ0v) is 22.4. The lowest BCUT2D eigenvalue weighted by atomic mass is 10.2. The Balaban J connectivity index is 1.32. The summed E-state index contributed by atoms with van der Waals surface area (Å²) in [5, 5.41) is 4.02. The minimum Gasteiger partial charge on any atom is -0.493 e. The van der Waals surface area contributed by atoms with Gasteiger partial charge in [-0.05, 0) is 78.7 Å². The summed E-state index contributed by atoms with van der Waals surface area (Å²) in [6, 6.07) is 26.8. The van der Waals surface area contributed by atoms with E-state index in [1.54, 1.807) is 60.7 Å². The molecule has 0 aromatic heterocycles. The summed E-state index contributed by atoms with van der Waals surface area (Å²) in [6.45, 7) is 2.48. The third kappa shape index (κ3) is 7.30. The van der Waals surface area contributed by atoms with Crippen molar-refractivity contribution in [2.24, 2.45) is 5.10 Å². The molecular weight excluding hydrogens is 548 g/mol. The van der Waals surface area contributed by atoms with Gasteiger partial charge >= 0.3 is 5.97 Å². The molecule has 0 heterocycles. The molecule has 0 fully saturated rings. The lowest BCUT2D eigenvalue weighted by Crippen LogP contribution is -2.17. The number of methoxy groups -OCH3 is 1. The van der Waals surface area contributed by atoms with Gasteiger partial charge in [0.05, 0.1) is 18.9 Å². The van der Waals surface area contributed by atoms with E-state index in [1.165, 1.54) is 18.9 Å². The van der Waals surface area contributed by atoms with E-state index in [0.29, 0.717) is 34.8 Å². The van der Waals surface area contributed by atoms with Crippen LogP contribution in [0.3, 0.4) is 0 Å². The van der Waals surface area contributed by atoms with Crippen LogP contribution in [-0.4, -0.2) is 25.2 Å². The number of esters is 1. The molecule has 192 valence electrons. The van der Waals surface area contributed by atoms with Crippen molar-refractivity contribution >= 4 is 34.0 Å². The lowest BCUT2D eigenvalue weighted by Gasteiger charge is -2.10. The number of hydrogen-bond acceptors (Lipinski definition) is 6. The number of benzene rings is 4. The van der Waals surface area contributed by atoms with Crippen molar-refractivity contribution in [2.75, 3.05) is 7.11 Å². The van der Waals surface area contributed by atoms with Gasteiger partial charge in [0, 0.05) is 10.0 Å². The van der Waals surface area contributed by atoms with E-state index in [-0.39, 0.29) is 11.7 Å². The van der Waals surface area contributed by atoms with Crippen molar-refractivity contribution in [1.29, 1.82) is 0 Å². The molecule has 0 aliphatic carbocycles. The number of nitrogens with one attached hydrogen (secondary N) is 1. The van der Waals surface area contributed by atoms with Crippen molar-refractivity contribution in [1.82, 2.24) is 5.43 Å². The van der Waals surface area contributed by atoms with E-state index < -0.39 is 5.97 Å². The normalized spacial score (nSPS) is 10.7. The molecule has 7 nitrogen and oxygen atoms in total. The number of nitrogens with zero attached hydrogens (tertiary/aromatic N) is 1. The van der Waals surface area contributed by atoms with Crippen LogP contribution >= 0.6 is 15.9 Å². The molecule has 1 amide bonds. The van der Waals surface area contributed by atoms with Crippen LogP contribution in [0.1, 0.15) is 37.4 Å². The summed E-state index contributed by atoms with van der Waals surface area (Å²) in [6.07, 6.45) is 1.47. The van der Waals surface area contributed by atoms with Crippen molar-refractivity contribution in [3.05, 3.63) is 123 Å². The number of aryl methyl sites for hydroxylation is 1. The first-order valence-electron chi connectivity index (χ1n) is 11.7. The molecule has 0 unspecified atom stereocenters. The van der Waals surface area contributed by atoms with Gasteiger partial charge in [0.2, 0.25) is 0 Å². The van der Waals surface area contributed by atoms with Gasteiger partial charge in [-0.1, -0.05) is 51.8 Å². The number of hydrazone groups is 1. The zero-order valence-electron chi connectivity index (χ0n) is 20.8. The van der Waals surface area contributed by atoms with E-state index in [1.807, 2.05) is 37.3 Å². The second-order valence-corrected chi connectivity index (χ2v) is 9.22. The van der Waals surface area contributed by atoms with Crippen LogP contribution in [0.15, 0.2) is 101 Å². The number of halogens is 1. The molecule has 4 aromatic carbocycles. The summed E-state index contributed by atoms with van der Waals surface area (Å²) in [5.41, 5.74) is 6.25. The molecular formula is C30H25BrN2O5. The van der Waals surface area contributed by atoms with Crippen LogP contribution in [-0.2, 0) is 6.61 Å². The predicted molar refractivity (Wildman–Crippen MR) is 149 cm³/mol. The van der Waals surface area contributed by atoms with Crippen LogP contribution in [0.2, 0.25) is 0 Å². The Labute approximate surface area is 229 Å². The van der Waals surface area contributed by atoms with Crippen LogP contribution in [0, 0.1) is 6.92 Å². The Morgan fingerprint density at radius 1 is 0.895 bits per heavy atom. The highest BCUT2D eigenvalue weighted by molar-refractivity contribution is 9.10. The maximum absolute atomic E-state index is 12.5. The summed E-state index contributed by atoms with van der Waals surface area (Å²) >= 11 is 3.34. The van der Waals surface area contributed by atoms with Gasteiger partial charge < -0.3 is 14.2 Å². The van der Waals surface area contributed by atoms with Crippen molar-refractivity contribution in [3.63, 3.8) is 0 Å². The van der Waals surface area contributed by atoms with Gasteiger partial charge in [0.15, 0.2) is 11.5 Å². The lowest BCUT2D eigenvalue weighted by molar-refractivity contribution is 0.0729. The summed E-state index contributed by atoms with van der Waals surface area (Å²) in [5.74, 6) is 0.411. The topological polar surface area (TPSA) is 86.2 Å². The van der Waals surface area contributed by atoms with Gasteiger partial charge in [0.25, 0.3) is 5.91 Å². The average Bonchev–Trinajstić information content (AvgIpc) is 2.93. The average molecular weight is 573 g/mol. The summed E-state index contributed by atoms with van der Waals surface area (Å²) in [4.78, 5) is 24.9. The molecule has 0 bridgehead atoms. The number of rotatable bonds is 9. The molecule has 8 heteroatoms. The Bertz CT molecular complexity index is 1450. The second kappa shape index (κ2) is 12.7. The minimum absolute atomic E-state index is 0.267. The zero-order chi connectivity index (χ0) is 26.9. The van der Waals surface area contributed by atoms with Gasteiger partial charge in [-0.3, -0.25) is 4.79 Å². The van der Waals surface area contributed by atoms with E-state index in [2.05, 4.69) is 26.5 Å². The first-order valence-corrected chi connectivity index (χ1v) is 12.5. The first kappa shape index (κ1) is 26.6. The van der Waals surface area contributed by atoms with Gasteiger partial charge in [-0.25, -0.2) is 10.2 Å². The minimum atomic E-state index is -0.509. The van der Waals surface area contributed by atoms with E-state index in [9.17, 15) is 9.59 Å². The van der Waals surface area contributed by atoms with E-state index in [0.717, 1.165) is 10.0 Å². The third-order valence-corrected chi connectivity index (χ3v) is 5.97. The Kier molecular flexibility index (Phi) is 8.89. The fourth-order valence-electron chi connectivity index (χ4n) is 3.41. The molecule has 0 spiro atoms. The molecule has 0 atom stereocenters. The highest BCUT2D eigenvalue weighted by Gasteiger charge is 2.13. The van der Waals surface area contributed by atoms with Crippen molar-refractivity contribution < 1.29 is 23.8 Å². The summed E-state index contributed by atoms with van der Waals surface area (Å²) in [7, 11) is 1.47. The van der Waals surface area contributed by atoms with Gasteiger partial charge in [-0.2, -0.15) is 5.10 Å². The molecule has 0 saturated heterocycles. The maximum atomic E-state index is 12.5. The fraction of sp³-hybridized carbons (Fsp3) is 0.100. The number of hydrogen-bond donors (Lipinski definition) is 1. The van der Waals surface area contributed by atoms with Crippen molar-refractivity contribution in [3.8, 4) is 17.2 Å².